The second-order valence-electron chi connectivity index (χ2n) is 4.26. The molecule has 1 aromatic heterocycles. The van der Waals surface area contributed by atoms with Gasteiger partial charge in [0.05, 0.1) is 5.69 Å². The smallest absolute Gasteiger partial charge is 0.131 e. The van der Waals surface area contributed by atoms with Crippen LogP contribution in [0, 0.1) is 6.92 Å². The minimum absolute atomic E-state index is 0.320. The summed E-state index contributed by atoms with van der Waals surface area (Å²) in [5.41, 5.74) is 8.01. The summed E-state index contributed by atoms with van der Waals surface area (Å²) in [5.74, 6) is 0. The molecular formula is C10H17ClN4. The maximum Gasteiger partial charge on any atom is 0.131 e. The lowest BCUT2D eigenvalue weighted by atomic mass is 10.2. The van der Waals surface area contributed by atoms with Crippen molar-refractivity contribution >= 4 is 11.6 Å². The maximum atomic E-state index is 6.17. The Balaban J connectivity index is 2.10. The molecule has 1 atom stereocenters. The van der Waals surface area contributed by atoms with Gasteiger partial charge in [0.1, 0.15) is 5.15 Å². The van der Waals surface area contributed by atoms with Gasteiger partial charge in [-0.15, -0.1) is 0 Å². The van der Waals surface area contributed by atoms with E-state index in [1.165, 1.54) is 0 Å². The summed E-state index contributed by atoms with van der Waals surface area (Å²) in [4.78, 5) is 2.33. The third-order valence-electron chi connectivity index (χ3n) is 2.96. The van der Waals surface area contributed by atoms with E-state index in [4.69, 9.17) is 17.3 Å². The third-order valence-corrected chi connectivity index (χ3v) is 3.43. The first-order chi connectivity index (χ1) is 7.08. The third kappa shape index (κ3) is 2.17. The number of aromatic nitrogens is 2. The van der Waals surface area contributed by atoms with E-state index in [9.17, 15) is 0 Å². The average Bonchev–Trinajstić information content (AvgIpc) is 2.67. The molecule has 0 spiro atoms. The molecule has 1 aliphatic rings. The molecule has 84 valence electrons. The van der Waals surface area contributed by atoms with Crippen molar-refractivity contribution in [2.24, 2.45) is 12.8 Å². The molecule has 5 heteroatoms. The average molecular weight is 229 g/mol. The summed E-state index contributed by atoms with van der Waals surface area (Å²) in [6.45, 7) is 4.89. The summed E-state index contributed by atoms with van der Waals surface area (Å²) >= 11 is 6.17. The van der Waals surface area contributed by atoms with Crippen LogP contribution in [0.4, 0.5) is 0 Å². The van der Waals surface area contributed by atoms with Gasteiger partial charge in [-0.1, -0.05) is 11.6 Å². The molecule has 2 heterocycles. The Kier molecular flexibility index (Phi) is 3.00. The van der Waals surface area contributed by atoms with Crippen LogP contribution < -0.4 is 5.73 Å². The van der Waals surface area contributed by atoms with Gasteiger partial charge < -0.3 is 5.73 Å². The Morgan fingerprint density at radius 3 is 2.80 bits per heavy atom. The zero-order chi connectivity index (χ0) is 11.0. The standard InChI is InChI=1S/C10H17ClN4/c1-7-9(10(11)14(2)13-7)6-15-4-3-8(12)5-15/h8H,3-6,12H2,1-2H3/t8-/m1/s1. The second-order valence-corrected chi connectivity index (χ2v) is 4.62. The van der Waals surface area contributed by atoms with Gasteiger partial charge in [-0.3, -0.25) is 9.58 Å². The fraction of sp³-hybridized carbons (Fsp3) is 0.700. The molecule has 1 saturated heterocycles. The van der Waals surface area contributed by atoms with E-state index in [1.807, 2.05) is 14.0 Å². The van der Waals surface area contributed by atoms with Crippen LogP contribution in [0.5, 0.6) is 0 Å². The molecule has 0 unspecified atom stereocenters. The molecule has 2 rings (SSSR count). The largest absolute Gasteiger partial charge is 0.326 e. The number of aryl methyl sites for hydroxylation is 2. The number of rotatable bonds is 2. The minimum Gasteiger partial charge on any atom is -0.326 e. The normalized spacial score (nSPS) is 22.5. The van der Waals surface area contributed by atoms with Crippen molar-refractivity contribution in [3.63, 3.8) is 0 Å². The van der Waals surface area contributed by atoms with E-state index in [-0.39, 0.29) is 0 Å². The highest BCUT2D eigenvalue weighted by molar-refractivity contribution is 6.30. The van der Waals surface area contributed by atoms with Crippen molar-refractivity contribution in [3.8, 4) is 0 Å². The van der Waals surface area contributed by atoms with Crippen LogP contribution in [0.2, 0.25) is 5.15 Å². The number of nitrogens with zero attached hydrogens (tertiary/aromatic N) is 3. The topological polar surface area (TPSA) is 47.1 Å². The SMILES string of the molecule is Cc1nn(C)c(Cl)c1CN1CC[C@@H](N)C1. The van der Waals surface area contributed by atoms with Crippen molar-refractivity contribution < 1.29 is 0 Å². The first-order valence-electron chi connectivity index (χ1n) is 5.24. The number of nitrogens with two attached hydrogens (primary N) is 1. The molecule has 1 aliphatic heterocycles. The first kappa shape index (κ1) is 10.9. The van der Waals surface area contributed by atoms with Gasteiger partial charge in [-0.2, -0.15) is 5.10 Å². The predicted molar refractivity (Wildman–Crippen MR) is 60.8 cm³/mol. The van der Waals surface area contributed by atoms with Crippen LogP contribution in [-0.2, 0) is 13.6 Å². The Morgan fingerprint density at radius 1 is 1.60 bits per heavy atom. The number of likely N-dealkylation sites (tertiary alicyclic amines) is 1. The van der Waals surface area contributed by atoms with Gasteiger partial charge in [0.2, 0.25) is 0 Å². The van der Waals surface area contributed by atoms with Crippen LogP contribution in [0.15, 0.2) is 0 Å². The number of halogens is 1. The van der Waals surface area contributed by atoms with Crippen LogP contribution in [0.25, 0.3) is 0 Å². The summed E-state index contributed by atoms with van der Waals surface area (Å²) < 4.78 is 1.72. The van der Waals surface area contributed by atoms with E-state index in [0.717, 1.165) is 42.5 Å². The highest BCUT2D eigenvalue weighted by atomic mass is 35.5. The lowest BCUT2D eigenvalue weighted by Gasteiger charge is -2.14. The molecule has 0 aromatic carbocycles. The number of hydrogen-bond acceptors (Lipinski definition) is 3. The van der Waals surface area contributed by atoms with Crippen molar-refractivity contribution in [1.82, 2.24) is 14.7 Å². The van der Waals surface area contributed by atoms with E-state index < -0.39 is 0 Å². The molecular weight excluding hydrogens is 212 g/mol. The molecule has 0 bridgehead atoms. The quantitative estimate of drug-likeness (QED) is 0.819. The Hall–Kier alpha value is -0.580. The highest BCUT2D eigenvalue weighted by Gasteiger charge is 2.21. The second kappa shape index (κ2) is 4.12. The minimum atomic E-state index is 0.320. The monoisotopic (exact) mass is 228 g/mol. The summed E-state index contributed by atoms with van der Waals surface area (Å²) in [5, 5.41) is 5.04. The first-order valence-corrected chi connectivity index (χ1v) is 5.61. The van der Waals surface area contributed by atoms with E-state index in [2.05, 4.69) is 10.00 Å². The van der Waals surface area contributed by atoms with Gasteiger partial charge >= 0.3 is 0 Å². The van der Waals surface area contributed by atoms with Crippen molar-refractivity contribution in [2.75, 3.05) is 13.1 Å². The molecule has 1 aromatic rings. The van der Waals surface area contributed by atoms with Gasteiger partial charge in [0.25, 0.3) is 0 Å². The molecule has 0 radical (unpaired) electrons. The molecule has 0 saturated carbocycles. The zero-order valence-corrected chi connectivity index (χ0v) is 9.96. The van der Waals surface area contributed by atoms with Crippen molar-refractivity contribution in [3.05, 3.63) is 16.4 Å². The fourth-order valence-corrected chi connectivity index (χ4v) is 2.32. The van der Waals surface area contributed by atoms with Gasteiger partial charge in [-0.05, 0) is 13.3 Å². The van der Waals surface area contributed by atoms with Crippen LogP contribution in [0.1, 0.15) is 17.7 Å². The van der Waals surface area contributed by atoms with Gasteiger partial charge in [0.15, 0.2) is 0 Å². The van der Waals surface area contributed by atoms with Crippen LogP contribution >= 0.6 is 11.6 Å². The van der Waals surface area contributed by atoms with Gasteiger partial charge in [-0.25, -0.2) is 0 Å². The van der Waals surface area contributed by atoms with E-state index in [1.54, 1.807) is 4.68 Å². The molecule has 0 aliphatic carbocycles. The number of hydrogen-bond donors (Lipinski definition) is 1. The van der Waals surface area contributed by atoms with Crippen LogP contribution in [-0.4, -0.2) is 33.8 Å². The fourth-order valence-electron chi connectivity index (χ4n) is 2.08. The predicted octanol–water partition coefficient (Wildman–Crippen LogP) is 0.915. The van der Waals surface area contributed by atoms with Crippen molar-refractivity contribution in [2.45, 2.75) is 25.9 Å². The molecule has 1 fully saturated rings. The molecule has 15 heavy (non-hydrogen) atoms. The van der Waals surface area contributed by atoms with E-state index >= 15 is 0 Å². The van der Waals surface area contributed by atoms with Crippen molar-refractivity contribution in [1.29, 1.82) is 0 Å². The Bertz CT molecular complexity index is 361. The molecule has 2 N–H and O–H groups in total. The van der Waals surface area contributed by atoms with Gasteiger partial charge in [0, 0.05) is 38.3 Å². The lowest BCUT2D eigenvalue weighted by Crippen LogP contribution is -2.26. The maximum absolute atomic E-state index is 6.17. The lowest BCUT2D eigenvalue weighted by molar-refractivity contribution is 0.326. The van der Waals surface area contributed by atoms with E-state index in [0.29, 0.717) is 6.04 Å². The summed E-state index contributed by atoms with van der Waals surface area (Å²) in [6.07, 6.45) is 1.08. The summed E-state index contributed by atoms with van der Waals surface area (Å²) in [7, 11) is 1.87. The highest BCUT2D eigenvalue weighted by Crippen LogP contribution is 2.22. The van der Waals surface area contributed by atoms with Crippen LogP contribution in [0.3, 0.4) is 0 Å². The summed E-state index contributed by atoms with van der Waals surface area (Å²) in [6, 6.07) is 0.320. The Labute approximate surface area is 95.0 Å². The Morgan fingerprint density at radius 2 is 2.33 bits per heavy atom. The molecule has 0 amide bonds. The molecule has 4 nitrogen and oxygen atoms in total. The zero-order valence-electron chi connectivity index (χ0n) is 9.20.